The molecule has 0 radical (unpaired) electrons. The van der Waals surface area contributed by atoms with Crippen LogP contribution in [0.15, 0.2) is 22.7 Å². The molecule has 0 N–H and O–H groups in total. The molecule has 1 aliphatic heterocycles. The van der Waals surface area contributed by atoms with Crippen LogP contribution in [0, 0.1) is 5.82 Å². The van der Waals surface area contributed by atoms with Crippen LogP contribution in [0.1, 0.15) is 18.0 Å². The number of hydrogen-bond donors (Lipinski definition) is 0. The Balaban J connectivity index is 2.39. The van der Waals surface area contributed by atoms with Gasteiger partial charge in [0.2, 0.25) is 5.91 Å². The molecular formula is C9H6BrClFNO3S. The lowest BCUT2D eigenvalue weighted by molar-refractivity contribution is -0.137. The predicted molar refractivity (Wildman–Crippen MR) is 63.1 cm³/mol. The van der Waals surface area contributed by atoms with Crippen LogP contribution in [-0.2, 0) is 14.0 Å². The number of halogens is 3. The first-order chi connectivity index (χ1) is 7.80. The van der Waals surface area contributed by atoms with Gasteiger partial charge in [0, 0.05) is 20.7 Å². The number of nitrogens with zero attached hydrogens (tertiary/aromatic N) is 1. The average molecular weight is 343 g/mol. The topological polar surface area (TPSA) is 54.5 Å². The fraction of sp³-hybridized carbons (Fsp3) is 0.222. The van der Waals surface area contributed by atoms with Crippen molar-refractivity contribution in [3.63, 3.8) is 0 Å². The van der Waals surface area contributed by atoms with Crippen LogP contribution in [0.2, 0.25) is 0 Å². The number of benzene rings is 1. The first-order valence-electron chi connectivity index (χ1n) is 4.52. The van der Waals surface area contributed by atoms with Crippen LogP contribution in [0.25, 0.3) is 0 Å². The molecule has 1 aliphatic rings. The summed E-state index contributed by atoms with van der Waals surface area (Å²) >= 11 is 3.09. The second kappa shape index (κ2) is 4.22. The van der Waals surface area contributed by atoms with Crippen LogP contribution in [0.5, 0.6) is 0 Å². The van der Waals surface area contributed by atoms with Crippen molar-refractivity contribution in [3.8, 4) is 0 Å². The SMILES string of the molecule is O=C1CC(c2ccc(Br)cc2F)N1S(=O)(=O)Cl. The predicted octanol–water partition coefficient (Wildman–Crippen LogP) is 2.35. The number of hydrogen-bond acceptors (Lipinski definition) is 3. The fourth-order valence-electron chi connectivity index (χ4n) is 1.68. The highest BCUT2D eigenvalue weighted by molar-refractivity contribution is 9.10. The molecule has 1 fully saturated rings. The smallest absolute Gasteiger partial charge is 0.274 e. The van der Waals surface area contributed by atoms with Crippen LogP contribution in [-0.4, -0.2) is 18.6 Å². The molecule has 0 saturated carbocycles. The Kier molecular flexibility index (Phi) is 3.17. The summed E-state index contributed by atoms with van der Waals surface area (Å²) in [7, 11) is 0.942. The summed E-state index contributed by atoms with van der Waals surface area (Å²) in [5.74, 6) is -1.21. The molecule has 2 rings (SSSR count). The maximum atomic E-state index is 13.6. The van der Waals surface area contributed by atoms with Crippen LogP contribution < -0.4 is 0 Å². The highest BCUT2D eigenvalue weighted by atomic mass is 79.9. The quantitative estimate of drug-likeness (QED) is 0.612. The van der Waals surface area contributed by atoms with Gasteiger partial charge in [0.1, 0.15) is 5.82 Å². The lowest BCUT2D eigenvalue weighted by Crippen LogP contribution is -2.48. The van der Waals surface area contributed by atoms with Crippen molar-refractivity contribution in [1.29, 1.82) is 0 Å². The van der Waals surface area contributed by atoms with E-state index in [1.54, 1.807) is 6.07 Å². The molecule has 1 saturated heterocycles. The first-order valence-corrected chi connectivity index (χ1v) is 7.58. The van der Waals surface area contributed by atoms with Gasteiger partial charge in [-0.05, 0) is 12.1 Å². The average Bonchev–Trinajstić information content (AvgIpc) is 2.12. The van der Waals surface area contributed by atoms with Gasteiger partial charge in [-0.1, -0.05) is 22.0 Å². The molecule has 0 aromatic heterocycles. The zero-order valence-corrected chi connectivity index (χ0v) is 11.4. The molecule has 4 nitrogen and oxygen atoms in total. The highest BCUT2D eigenvalue weighted by Crippen LogP contribution is 2.39. The van der Waals surface area contributed by atoms with E-state index < -0.39 is 27.0 Å². The second-order valence-electron chi connectivity index (χ2n) is 3.52. The Bertz CT molecular complexity index is 592. The summed E-state index contributed by atoms with van der Waals surface area (Å²) in [4.78, 5) is 11.2. The summed E-state index contributed by atoms with van der Waals surface area (Å²) < 4.78 is 36.9. The Labute approximate surface area is 110 Å². The molecular weight excluding hydrogens is 337 g/mol. The van der Waals surface area contributed by atoms with Crippen molar-refractivity contribution in [2.24, 2.45) is 0 Å². The minimum atomic E-state index is -4.16. The summed E-state index contributed by atoms with van der Waals surface area (Å²) in [5.41, 5.74) is 0.136. The van der Waals surface area contributed by atoms with Gasteiger partial charge >= 0.3 is 9.24 Å². The summed E-state index contributed by atoms with van der Waals surface area (Å²) in [6.45, 7) is 0. The molecule has 8 heteroatoms. The summed E-state index contributed by atoms with van der Waals surface area (Å²) in [6.07, 6.45) is -0.0650. The lowest BCUT2D eigenvalue weighted by atomic mass is 9.97. The largest absolute Gasteiger partial charge is 0.324 e. The van der Waals surface area contributed by atoms with Gasteiger partial charge in [-0.2, -0.15) is 8.42 Å². The molecule has 1 aromatic rings. The van der Waals surface area contributed by atoms with Crippen molar-refractivity contribution in [3.05, 3.63) is 34.1 Å². The molecule has 1 aromatic carbocycles. The lowest BCUT2D eigenvalue weighted by Gasteiger charge is -2.37. The minimum Gasteiger partial charge on any atom is -0.274 e. The number of carbonyl (C=O) groups is 1. The van der Waals surface area contributed by atoms with Crippen molar-refractivity contribution >= 4 is 41.8 Å². The summed E-state index contributed by atoms with van der Waals surface area (Å²) in [5, 5.41) is 0. The maximum Gasteiger partial charge on any atom is 0.324 e. The van der Waals surface area contributed by atoms with Crippen LogP contribution in [0.3, 0.4) is 0 Å². The normalized spacial score (nSPS) is 20.3. The zero-order valence-electron chi connectivity index (χ0n) is 8.23. The number of β-lactam (4-membered cyclic amide) rings is 1. The van der Waals surface area contributed by atoms with Gasteiger partial charge in [-0.25, -0.2) is 8.70 Å². The second-order valence-corrected chi connectivity index (χ2v) is 6.82. The highest BCUT2D eigenvalue weighted by Gasteiger charge is 2.45. The number of carbonyl (C=O) groups excluding carboxylic acids is 1. The zero-order chi connectivity index (χ0) is 12.8. The monoisotopic (exact) mass is 341 g/mol. The standard InChI is InChI=1S/C9H6BrClFNO3S/c10-5-1-2-6(7(12)3-5)8-4-9(14)13(8)17(11,15)16/h1-3,8H,4H2. The molecule has 92 valence electrons. The van der Waals surface area contributed by atoms with Gasteiger partial charge in [0.15, 0.2) is 0 Å². The van der Waals surface area contributed by atoms with Crippen molar-refractivity contribution < 1.29 is 17.6 Å². The molecule has 0 bridgehead atoms. The maximum absolute atomic E-state index is 13.6. The molecule has 1 unspecified atom stereocenters. The third-order valence-electron chi connectivity index (χ3n) is 2.45. The Hall–Kier alpha value is -0.660. The van der Waals surface area contributed by atoms with Gasteiger partial charge < -0.3 is 0 Å². The van der Waals surface area contributed by atoms with E-state index in [9.17, 15) is 17.6 Å². The van der Waals surface area contributed by atoms with E-state index in [2.05, 4.69) is 15.9 Å². The Morgan fingerprint density at radius 1 is 1.47 bits per heavy atom. The Morgan fingerprint density at radius 3 is 2.59 bits per heavy atom. The molecule has 17 heavy (non-hydrogen) atoms. The van der Waals surface area contributed by atoms with E-state index in [1.807, 2.05) is 0 Å². The van der Waals surface area contributed by atoms with Gasteiger partial charge in [0.25, 0.3) is 0 Å². The molecule has 0 spiro atoms. The summed E-state index contributed by atoms with van der Waals surface area (Å²) in [6, 6.07) is 3.35. The van der Waals surface area contributed by atoms with Gasteiger partial charge in [0.05, 0.1) is 12.5 Å². The van der Waals surface area contributed by atoms with E-state index >= 15 is 0 Å². The van der Waals surface area contributed by atoms with E-state index in [4.69, 9.17) is 10.7 Å². The third kappa shape index (κ3) is 2.31. The van der Waals surface area contributed by atoms with Crippen molar-refractivity contribution in [2.75, 3.05) is 0 Å². The number of amides is 1. The minimum absolute atomic E-state index is 0.0650. The molecule has 1 atom stereocenters. The van der Waals surface area contributed by atoms with Crippen molar-refractivity contribution in [2.45, 2.75) is 12.5 Å². The van der Waals surface area contributed by atoms with Crippen LogP contribution in [0.4, 0.5) is 4.39 Å². The number of rotatable bonds is 2. The van der Waals surface area contributed by atoms with Gasteiger partial charge in [-0.15, -0.1) is 0 Å². The van der Waals surface area contributed by atoms with E-state index in [0.29, 0.717) is 8.78 Å². The fourth-order valence-corrected chi connectivity index (χ4v) is 3.34. The van der Waals surface area contributed by atoms with Crippen molar-refractivity contribution in [1.82, 2.24) is 4.31 Å². The molecule has 1 heterocycles. The van der Waals surface area contributed by atoms with Crippen LogP contribution >= 0.6 is 26.6 Å². The molecule has 1 amide bonds. The third-order valence-corrected chi connectivity index (χ3v) is 4.32. The Morgan fingerprint density at radius 2 is 2.12 bits per heavy atom. The van der Waals surface area contributed by atoms with E-state index in [-0.39, 0.29) is 12.0 Å². The van der Waals surface area contributed by atoms with E-state index in [0.717, 1.165) is 0 Å². The van der Waals surface area contributed by atoms with E-state index in [1.165, 1.54) is 12.1 Å². The molecule has 0 aliphatic carbocycles. The van der Waals surface area contributed by atoms with Gasteiger partial charge in [-0.3, -0.25) is 4.79 Å². The first kappa shape index (κ1) is 12.8.